The fourth-order valence-electron chi connectivity index (χ4n) is 2.44. The van der Waals surface area contributed by atoms with Crippen molar-refractivity contribution in [2.75, 3.05) is 5.32 Å². The normalized spacial score (nSPS) is 10.9. The quantitative estimate of drug-likeness (QED) is 0.601. The molecule has 0 aliphatic carbocycles. The monoisotopic (exact) mass is 382 g/mol. The summed E-state index contributed by atoms with van der Waals surface area (Å²) >= 11 is 1.58. The van der Waals surface area contributed by atoms with Crippen molar-refractivity contribution in [2.24, 2.45) is 0 Å². The molecule has 3 aromatic rings. The lowest BCUT2D eigenvalue weighted by atomic mass is 10.1. The molecule has 0 unspecified atom stereocenters. The van der Waals surface area contributed by atoms with Gasteiger partial charge in [-0.05, 0) is 43.7 Å². The highest BCUT2D eigenvalue weighted by atomic mass is 32.1. The second-order valence-corrected chi connectivity index (χ2v) is 7.03. The molecule has 0 aliphatic rings. The van der Waals surface area contributed by atoms with Crippen LogP contribution in [0, 0.1) is 19.7 Å². The Hall–Kier alpha value is -2.99. The molecule has 27 heavy (non-hydrogen) atoms. The zero-order chi connectivity index (χ0) is 19.2. The van der Waals surface area contributed by atoms with Crippen molar-refractivity contribution in [3.8, 4) is 5.75 Å². The van der Waals surface area contributed by atoms with Gasteiger partial charge in [-0.2, -0.15) is 0 Å². The number of hydrogen-bond acceptors (Lipinski definition) is 4. The lowest BCUT2D eigenvalue weighted by Gasteiger charge is -2.08. The van der Waals surface area contributed by atoms with Gasteiger partial charge < -0.3 is 10.1 Å². The van der Waals surface area contributed by atoms with Crippen molar-refractivity contribution in [3.63, 3.8) is 0 Å². The molecule has 6 heteroatoms. The topological polar surface area (TPSA) is 51.2 Å². The third kappa shape index (κ3) is 5.24. The van der Waals surface area contributed by atoms with E-state index in [0.717, 1.165) is 21.8 Å². The molecule has 1 N–H and O–H groups in total. The Labute approximate surface area is 161 Å². The fraction of sp³-hybridized carbons (Fsp3) is 0.143. The molecule has 0 bridgehead atoms. The summed E-state index contributed by atoms with van der Waals surface area (Å²) in [5.74, 6) is -0.0707. The molecule has 3 rings (SSSR count). The lowest BCUT2D eigenvalue weighted by molar-refractivity contribution is -0.111. The van der Waals surface area contributed by atoms with Gasteiger partial charge in [0, 0.05) is 22.7 Å². The number of nitrogens with one attached hydrogen (secondary N) is 1. The Morgan fingerprint density at radius 2 is 2.07 bits per heavy atom. The molecular formula is C21H19FN2O2S. The van der Waals surface area contributed by atoms with Crippen LogP contribution in [0.4, 0.5) is 10.1 Å². The lowest BCUT2D eigenvalue weighted by Crippen LogP contribution is -2.09. The molecule has 0 aliphatic heterocycles. The highest BCUT2D eigenvalue weighted by molar-refractivity contribution is 7.09. The number of para-hydroxylation sites is 1. The van der Waals surface area contributed by atoms with Crippen molar-refractivity contribution in [2.45, 2.75) is 20.5 Å². The number of ether oxygens (including phenoxy) is 1. The number of nitrogens with zero attached hydrogens (tertiary/aromatic N) is 1. The molecular weight excluding hydrogens is 363 g/mol. The Morgan fingerprint density at radius 1 is 1.26 bits per heavy atom. The molecule has 0 saturated carbocycles. The van der Waals surface area contributed by atoms with Crippen LogP contribution >= 0.6 is 11.3 Å². The summed E-state index contributed by atoms with van der Waals surface area (Å²) in [6, 6.07) is 11.7. The number of halogens is 1. The molecule has 0 fully saturated rings. The summed E-state index contributed by atoms with van der Waals surface area (Å²) in [5, 5.41) is 5.64. The zero-order valence-electron chi connectivity index (χ0n) is 15.0. The highest BCUT2D eigenvalue weighted by Crippen LogP contribution is 2.22. The van der Waals surface area contributed by atoms with Gasteiger partial charge in [0.1, 0.15) is 18.2 Å². The van der Waals surface area contributed by atoms with Crippen LogP contribution in [0.15, 0.2) is 53.9 Å². The van der Waals surface area contributed by atoms with Gasteiger partial charge in [0.15, 0.2) is 0 Å². The molecule has 1 aromatic heterocycles. The average molecular weight is 382 g/mol. The number of carbonyl (C=O) groups is 1. The van der Waals surface area contributed by atoms with Crippen LogP contribution in [0.1, 0.15) is 21.8 Å². The summed E-state index contributed by atoms with van der Waals surface area (Å²) in [7, 11) is 0. The second-order valence-electron chi connectivity index (χ2n) is 5.97. The van der Waals surface area contributed by atoms with E-state index in [1.165, 1.54) is 18.2 Å². The predicted molar refractivity (Wildman–Crippen MR) is 106 cm³/mol. The summed E-state index contributed by atoms with van der Waals surface area (Å²) < 4.78 is 19.2. The van der Waals surface area contributed by atoms with E-state index in [4.69, 9.17) is 4.74 Å². The first-order chi connectivity index (χ1) is 13.0. The predicted octanol–water partition coefficient (Wildman–Crippen LogP) is 5.13. The number of rotatable bonds is 6. The highest BCUT2D eigenvalue weighted by Gasteiger charge is 2.06. The van der Waals surface area contributed by atoms with E-state index in [-0.39, 0.29) is 5.91 Å². The van der Waals surface area contributed by atoms with Gasteiger partial charge in [0.05, 0.1) is 10.7 Å². The van der Waals surface area contributed by atoms with E-state index < -0.39 is 5.82 Å². The maximum atomic E-state index is 13.3. The van der Waals surface area contributed by atoms with Gasteiger partial charge in [-0.15, -0.1) is 11.3 Å². The fourth-order valence-corrected chi connectivity index (χ4v) is 3.04. The molecule has 1 amide bonds. The number of hydrogen-bond donors (Lipinski definition) is 1. The van der Waals surface area contributed by atoms with Crippen LogP contribution in [-0.2, 0) is 11.4 Å². The van der Waals surface area contributed by atoms with Gasteiger partial charge in [-0.25, -0.2) is 9.37 Å². The molecule has 0 saturated heterocycles. The van der Waals surface area contributed by atoms with E-state index in [1.54, 1.807) is 23.5 Å². The third-order valence-electron chi connectivity index (χ3n) is 3.83. The molecule has 4 nitrogen and oxygen atoms in total. The van der Waals surface area contributed by atoms with Crippen molar-refractivity contribution in [3.05, 3.63) is 81.6 Å². The smallest absolute Gasteiger partial charge is 0.248 e. The van der Waals surface area contributed by atoms with Gasteiger partial charge in [-0.1, -0.05) is 24.3 Å². The zero-order valence-corrected chi connectivity index (χ0v) is 15.8. The number of aryl methyl sites for hydroxylation is 2. The van der Waals surface area contributed by atoms with Crippen LogP contribution in [0.3, 0.4) is 0 Å². The van der Waals surface area contributed by atoms with E-state index in [9.17, 15) is 9.18 Å². The van der Waals surface area contributed by atoms with Gasteiger partial charge in [0.2, 0.25) is 5.91 Å². The molecule has 0 radical (unpaired) electrons. The average Bonchev–Trinajstić information content (AvgIpc) is 3.07. The standard InChI is InChI=1S/C21H19FN2O2S/c1-14-7-9-17(22)11-19(14)24-21(25)10-8-16-5-3-4-6-20(16)26-12-18-13-27-15(2)23-18/h3-11,13H,12H2,1-2H3,(H,24,25)/b10-8+. The molecule has 2 aromatic carbocycles. The largest absolute Gasteiger partial charge is 0.487 e. The van der Waals surface area contributed by atoms with Crippen LogP contribution < -0.4 is 10.1 Å². The number of anilines is 1. The Kier molecular flexibility index (Phi) is 5.98. The Morgan fingerprint density at radius 3 is 2.85 bits per heavy atom. The minimum atomic E-state index is -0.393. The van der Waals surface area contributed by atoms with Crippen LogP contribution in [0.5, 0.6) is 5.75 Å². The minimum absolute atomic E-state index is 0.339. The number of amides is 1. The van der Waals surface area contributed by atoms with Crippen molar-refractivity contribution in [1.29, 1.82) is 0 Å². The summed E-state index contributed by atoms with van der Waals surface area (Å²) in [5.41, 5.74) is 2.89. The number of aromatic nitrogens is 1. The van der Waals surface area contributed by atoms with Gasteiger partial charge in [-0.3, -0.25) is 4.79 Å². The Bertz CT molecular complexity index is 982. The van der Waals surface area contributed by atoms with E-state index >= 15 is 0 Å². The van der Waals surface area contributed by atoms with Crippen LogP contribution in [0.2, 0.25) is 0 Å². The maximum Gasteiger partial charge on any atom is 0.248 e. The number of carbonyl (C=O) groups excluding carboxylic acids is 1. The minimum Gasteiger partial charge on any atom is -0.487 e. The first-order valence-electron chi connectivity index (χ1n) is 8.39. The molecule has 1 heterocycles. The third-order valence-corrected chi connectivity index (χ3v) is 4.66. The number of thiazole rings is 1. The van der Waals surface area contributed by atoms with E-state index in [2.05, 4.69) is 10.3 Å². The summed E-state index contributed by atoms with van der Waals surface area (Å²) in [4.78, 5) is 16.5. The van der Waals surface area contributed by atoms with Gasteiger partial charge in [0.25, 0.3) is 0 Å². The maximum absolute atomic E-state index is 13.3. The van der Waals surface area contributed by atoms with Gasteiger partial charge >= 0.3 is 0 Å². The summed E-state index contributed by atoms with van der Waals surface area (Å²) in [6.07, 6.45) is 3.07. The number of benzene rings is 2. The van der Waals surface area contributed by atoms with Crippen molar-refractivity contribution in [1.82, 2.24) is 4.98 Å². The SMILES string of the molecule is Cc1nc(COc2ccccc2/C=C/C(=O)Nc2cc(F)ccc2C)cs1. The van der Waals surface area contributed by atoms with E-state index in [1.807, 2.05) is 43.5 Å². The van der Waals surface area contributed by atoms with Crippen LogP contribution in [-0.4, -0.2) is 10.9 Å². The van der Waals surface area contributed by atoms with Crippen molar-refractivity contribution >= 4 is 29.0 Å². The summed E-state index contributed by atoms with van der Waals surface area (Å²) in [6.45, 7) is 4.12. The second kappa shape index (κ2) is 8.60. The van der Waals surface area contributed by atoms with E-state index in [0.29, 0.717) is 18.0 Å². The van der Waals surface area contributed by atoms with Crippen molar-refractivity contribution < 1.29 is 13.9 Å². The first kappa shape index (κ1) is 18.8. The first-order valence-corrected chi connectivity index (χ1v) is 9.27. The van der Waals surface area contributed by atoms with Crippen LogP contribution in [0.25, 0.3) is 6.08 Å². The molecule has 0 atom stereocenters. The molecule has 138 valence electrons. The molecule has 0 spiro atoms. The Balaban J connectivity index is 1.67.